The van der Waals surface area contributed by atoms with Crippen molar-refractivity contribution in [2.75, 3.05) is 5.32 Å². The molecule has 1 aromatic carbocycles. The number of hydrogen-bond donors (Lipinski definition) is 2. The zero-order valence-electron chi connectivity index (χ0n) is 17.6. The van der Waals surface area contributed by atoms with Crippen molar-refractivity contribution in [2.24, 2.45) is 11.7 Å². The molecule has 1 unspecified atom stereocenters. The second-order valence-corrected chi connectivity index (χ2v) is 8.24. The SMILES string of the molecule is C=CC(=O)C[C@H]1CCCC(c2nnc(C(N)=O)c(Nc3ccc(C(C)C)cc3)n2)C1. The Labute approximate surface area is 177 Å². The lowest BCUT2D eigenvalue weighted by Gasteiger charge is -2.27. The van der Waals surface area contributed by atoms with E-state index < -0.39 is 5.91 Å². The average molecular weight is 408 g/mol. The van der Waals surface area contributed by atoms with Crippen LogP contribution < -0.4 is 11.1 Å². The van der Waals surface area contributed by atoms with Crippen molar-refractivity contribution in [2.45, 2.75) is 57.8 Å². The maximum absolute atomic E-state index is 11.8. The molecule has 1 heterocycles. The van der Waals surface area contributed by atoms with Crippen LogP contribution in [-0.4, -0.2) is 26.9 Å². The van der Waals surface area contributed by atoms with Crippen LogP contribution in [0.2, 0.25) is 0 Å². The molecule has 2 aromatic rings. The molecule has 1 saturated carbocycles. The molecular weight excluding hydrogens is 378 g/mol. The number of carbonyl (C=O) groups excluding carboxylic acids is 2. The van der Waals surface area contributed by atoms with E-state index in [1.807, 2.05) is 24.3 Å². The zero-order chi connectivity index (χ0) is 21.7. The van der Waals surface area contributed by atoms with E-state index in [-0.39, 0.29) is 23.3 Å². The first-order valence-electron chi connectivity index (χ1n) is 10.4. The van der Waals surface area contributed by atoms with E-state index in [2.05, 4.69) is 40.9 Å². The summed E-state index contributed by atoms with van der Waals surface area (Å²) in [7, 11) is 0. The van der Waals surface area contributed by atoms with Crippen molar-refractivity contribution < 1.29 is 9.59 Å². The van der Waals surface area contributed by atoms with E-state index in [1.54, 1.807) is 0 Å². The Morgan fingerprint density at radius 3 is 2.60 bits per heavy atom. The summed E-state index contributed by atoms with van der Waals surface area (Å²) >= 11 is 0. The van der Waals surface area contributed by atoms with Gasteiger partial charge in [-0.05, 0) is 54.9 Å². The number of benzene rings is 1. The summed E-state index contributed by atoms with van der Waals surface area (Å²) in [4.78, 5) is 28.2. The second kappa shape index (κ2) is 9.61. The number of nitrogens with one attached hydrogen (secondary N) is 1. The third-order valence-electron chi connectivity index (χ3n) is 5.64. The normalized spacial score (nSPS) is 18.8. The average Bonchev–Trinajstić information content (AvgIpc) is 2.74. The highest BCUT2D eigenvalue weighted by Crippen LogP contribution is 2.36. The molecule has 0 saturated heterocycles. The van der Waals surface area contributed by atoms with Crippen LogP contribution in [0.5, 0.6) is 0 Å². The highest BCUT2D eigenvalue weighted by atomic mass is 16.1. The fourth-order valence-electron chi connectivity index (χ4n) is 3.93. The Morgan fingerprint density at radius 2 is 1.97 bits per heavy atom. The van der Waals surface area contributed by atoms with Gasteiger partial charge in [-0.1, -0.05) is 39.0 Å². The molecular formula is C23H29N5O2. The third-order valence-corrected chi connectivity index (χ3v) is 5.64. The van der Waals surface area contributed by atoms with Crippen molar-refractivity contribution in [3.63, 3.8) is 0 Å². The molecule has 1 fully saturated rings. The smallest absolute Gasteiger partial charge is 0.273 e. The lowest BCUT2D eigenvalue weighted by molar-refractivity contribution is -0.115. The standard InChI is InChI=1S/C23H29N5O2/c1-4-19(29)13-15-6-5-7-17(12-15)22-26-23(20(21(24)30)27-28-22)25-18-10-8-16(9-11-18)14(2)3/h4,8-11,14-15,17H,1,5-7,12-13H2,2-3H3,(H2,24,30)(H,25,26,28)/t15-,17?/m0/s1. The minimum Gasteiger partial charge on any atom is -0.364 e. The molecule has 0 spiro atoms. The lowest BCUT2D eigenvalue weighted by atomic mass is 9.79. The van der Waals surface area contributed by atoms with Gasteiger partial charge in [0.05, 0.1) is 0 Å². The van der Waals surface area contributed by atoms with Gasteiger partial charge in [0.15, 0.2) is 23.1 Å². The number of anilines is 2. The van der Waals surface area contributed by atoms with Gasteiger partial charge in [0.1, 0.15) is 0 Å². The fourth-order valence-corrected chi connectivity index (χ4v) is 3.93. The molecule has 158 valence electrons. The number of rotatable bonds is 8. The summed E-state index contributed by atoms with van der Waals surface area (Å²) in [5.41, 5.74) is 7.52. The van der Waals surface area contributed by atoms with Crippen LogP contribution in [0.15, 0.2) is 36.9 Å². The molecule has 2 atom stereocenters. The Bertz CT molecular complexity index is 924. The number of nitrogens with zero attached hydrogens (tertiary/aromatic N) is 3. The number of primary amides is 1. The minimum absolute atomic E-state index is 0.0147. The number of nitrogens with two attached hydrogens (primary N) is 1. The molecule has 0 bridgehead atoms. The summed E-state index contributed by atoms with van der Waals surface area (Å²) in [6.07, 6.45) is 5.64. The number of amides is 1. The maximum Gasteiger partial charge on any atom is 0.273 e. The number of aromatic nitrogens is 3. The maximum atomic E-state index is 11.8. The molecule has 3 rings (SSSR count). The summed E-state index contributed by atoms with van der Waals surface area (Å²) in [5, 5.41) is 11.4. The largest absolute Gasteiger partial charge is 0.364 e. The van der Waals surface area contributed by atoms with Crippen LogP contribution in [0.4, 0.5) is 11.5 Å². The highest BCUT2D eigenvalue weighted by Gasteiger charge is 2.28. The Hall–Kier alpha value is -3.09. The Kier molecular flexibility index (Phi) is 6.92. The number of allylic oxidation sites excluding steroid dienone is 1. The van der Waals surface area contributed by atoms with E-state index in [0.717, 1.165) is 31.4 Å². The quantitative estimate of drug-likeness (QED) is 0.633. The van der Waals surface area contributed by atoms with Crippen LogP contribution in [0.25, 0.3) is 0 Å². The third kappa shape index (κ3) is 5.28. The number of ketones is 1. The second-order valence-electron chi connectivity index (χ2n) is 8.24. The van der Waals surface area contributed by atoms with E-state index in [0.29, 0.717) is 24.0 Å². The van der Waals surface area contributed by atoms with Crippen molar-refractivity contribution in [1.29, 1.82) is 0 Å². The van der Waals surface area contributed by atoms with E-state index in [9.17, 15) is 9.59 Å². The van der Waals surface area contributed by atoms with Gasteiger partial charge in [0.25, 0.3) is 5.91 Å². The molecule has 1 aliphatic rings. The summed E-state index contributed by atoms with van der Waals surface area (Å²) in [6, 6.07) is 7.96. The van der Waals surface area contributed by atoms with Crippen LogP contribution >= 0.6 is 0 Å². The first-order valence-corrected chi connectivity index (χ1v) is 10.4. The van der Waals surface area contributed by atoms with Gasteiger partial charge >= 0.3 is 0 Å². The molecule has 0 radical (unpaired) electrons. The molecule has 30 heavy (non-hydrogen) atoms. The van der Waals surface area contributed by atoms with Gasteiger partial charge in [-0.3, -0.25) is 9.59 Å². The van der Waals surface area contributed by atoms with Crippen molar-refractivity contribution >= 4 is 23.2 Å². The fraction of sp³-hybridized carbons (Fsp3) is 0.435. The van der Waals surface area contributed by atoms with Gasteiger partial charge in [0.2, 0.25) is 0 Å². The van der Waals surface area contributed by atoms with Crippen LogP contribution in [0, 0.1) is 5.92 Å². The number of hydrogen-bond acceptors (Lipinski definition) is 6. The topological polar surface area (TPSA) is 111 Å². The summed E-state index contributed by atoms with van der Waals surface area (Å²) < 4.78 is 0. The lowest BCUT2D eigenvalue weighted by Crippen LogP contribution is -2.22. The molecule has 1 amide bonds. The molecule has 0 aliphatic heterocycles. The number of carbonyl (C=O) groups is 2. The van der Waals surface area contributed by atoms with Gasteiger partial charge in [-0.15, -0.1) is 10.2 Å². The van der Waals surface area contributed by atoms with Gasteiger partial charge in [0, 0.05) is 18.0 Å². The van der Waals surface area contributed by atoms with Crippen LogP contribution in [-0.2, 0) is 4.79 Å². The molecule has 7 heteroatoms. The Balaban J connectivity index is 1.82. The van der Waals surface area contributed by atoms with E-state index in [4.69, 9.17) is 5.73 Å². The van der Waals surface area contributed by atoms with Crippen molar-refractivity contribution in [1.82, 2.24) is 15.2 Å². The molecule has 3 N–H and O–H groups in total. The predicted octanol–water partition coefficient (Wildman–Crippen LogP) is 4.26. The van der Waals surface area contributed by atoms with E-state index >= 15 is 0 Å². The van der Waals surface area contributed by atoms with Gasteiger partial charge in [-0.25, -0.2) is 4.98 Å². The zero-order valence-corrected chi connectivity index (χ0v) is 17.6. The predicted molar refractivity (Wildman–Crippen MR) is 117 cm³/mol. The molecule has 1 aliphatic carbocycles. The first kappa shape index (κ1) is 21.6. The van der Waals surface area contributed by atoms with Gasteiger partial charge < -0.3 is 11.1 Å². The first-order chi connectivity index (χ1) is 14.4. The van der Waals surface area contributed by atoms with Crippen LogP contribution in [0.1, 0.15) is 79.7 Å². The van der Waals surface area contributed by atoms with Crippen molar-refractivity contribution in [3.05, 3.63) is 54.0 Å². The Morgan fingerprint density at radius 1 is 1.23 bits per heavy atom. The minimum atomic E-state index is -0.680. The highest BCUT2D eigenvalue weighted by molar-refractivity contribution is 5.96. The summed E-state index contributed by atoms with van der Waals surface area (Å²) in [5.74, 6) is 1.09. The molecule has 1 aromatic heterocycles. The van der Waals surface area contributed by atoms with Crippen LogP contribution in [0.3, 0.4) is 0 Å². The van der Waals surface area contributed by atoms with E-state index in [1.165, 1.54) is 11.6 Å². The summed E-state index contributed by atoms with van der Waals surface area (Å²) in [6.45, 7) is 7.83. The molecule has 7 nitrogen and oxygen atoms in total. The van der Waals surface area contributed by atoms with Gasteiger partial charge in [-0.2, -0.15) is 0 Å². The monoisotopic (exact) mass is 407 g/mol. The van der Waals surface area contributed by atoms with Crippen molar-refractivity contribution in [3.8, 4) is 0 Å².